The fourth-order valence-electron chi connectivity index (χ4n) is 3.87. The first kappa shape index (κ1) is 20.5. The highest BCUT2D eigenvalue weighted by molar-refractivity contribution is 6.23. The summed E-state index contributed by atoms with van der Waals surface area (Å²) in [7, 11) is 0. The lowest BCUT2D eigenvalue weighted by molar-refractivity contribution is -0.122. The van der Waals surface area contributed by atoms with E-state index in [0.717, 1.165) is 16.7 Å². The summed E-state index contributed by atoms with van der Waals surface area (Å²) in [5, 5.41) is 0. The third kappa shape index (κ3) is 4.26. The normalized spacial score (nSPS) is 15.9. The zero-order valence-electron chi connectivity index (χ0n) is 17.6. The van der Waals surface area contributed by atoms with Gasteiger partial charge in [0, 0.05) is 12.1 Å². The van der Waals surface area contributed by atoms with E-state index in [1.807, 2.05) is 68.4 Å². The van der Waals surface area contributed by atoms with Crippen molar-refractivity contribution < 1.29 is 14.4 Å². The summed E-state index contributed by atoms with van der Waals surface area (Å²) in [5.74, 6) is -0.927. The van der Waals surface area contributed by atoms with Crippen LogP contribution in [-0.2, 0) is 16.1 Å². The van der Waals surface area contributed by atoms with Crippen LogP contribution in [0.1, 0.15) is 33.5 Å². The smallest absolute Gasteiger partial charge is 0.257 e. The Hall–Kier alpha value is -3.73. The van der Waals surface area contributed by atoms with E-state index in [9.17, 15) is 14.4 Å². The second-order valence-electron chi connectivity index (χ2n) is 7.91. The van der Waals surface area contributed by atoms with E-state index < -0.39 is 6.04 Å². The molecule has 3 amide bonds. The number of carbonyl (C=O) groups is 3. The van der Waals surface area contributed by atoms with E-state index >= 15 is 0 Å². The molecule has 1 fully saturated rings. The van der Waals surface area contributed by atoms with E-state index in [4.69, 9.17) is 0 Å². The van der Waals surface area contributed by atoms with Crippen molar-refractivity contribution in [1.82, 2.24) is 4.90 Å². The first-order chi connectivity index (χ1) is 14.9. The van der Waals surface area contributed by atoms with Crippen LogP contribution in [0, 0.1) is 13.8 Å². The number of anilines is 1. The molecule has 0 N–H and O–H groups in total. The number of rotatable bonds is 5. The molecule has 5 heteroatoms. The van der Waals surface area contributed by atoms with E-state index in [-0.39, 0.29) is 30.7 Å². The average Bonchev–Trinajstić information content (AvgIpc) is 3.06. The second-order valence-corrected chi connectivity index (χ2v) is 7.91. The maximum atomic E-state index is 13.5. The molecule has 0 spiro atoms. The minimum Gasteiger partial charge on any atom is -0.322 e. The molecule has 0 aliphatic carbocycles. The Bertz CT molecular complexity index is 1120. The van der Waals surface area contributed by atoms with E-state index in [1.165, 1.54) is 9.80 Å². The number of hydrogen-bond donors (Lipinski definition) is 0. The lowest BCUT2D eigenvalue weighted by Gasteiger charge is -2.28. The van der Waals surface area contributed by atoms with Crippen LogP contribution < -0.4 is 4.90 Å². The van der Waals surface area contributed by atoms with Crippen molar-refractivity contribution in [2.45, 2.75) is 32.9 Å². The number of aryl methyl sites for hydroxylation is 2. The quantitative estimate of drug-likeness (QED) is 0.588. The summed E-state index contributed by atoms with van der Waals surface area (Å²) >= 11 is 0. The van der Waals surface area contributed by atoms with Crippen LogP contribution in [0.3, 0.4) is 0 Å². The van der Waals surface area contributed by atoms with Crippen molar-refractivity contribution in [3.63, 3.8) is 0 Å². The monoisotopic (exact) mass is 412 g/mol. The summed E-state index contributed by atoms with van der Waals surface area (Å²) in [6, 6.07) is 23.2. The fourth-order valence-corrected chi connectivity index (χ4v) is 3.87. The molecule has 1 saturated heterocycles. The van der Waals surface area contributed by atoms with E-state index in [1.54, 1.807) is 24.3 Å². The van der Waals surface area contributed by atoms with Gasteiger partial charge in [0.05, 0.1) is 12.1 Å². The average molecular weight is 412 g/mol. The van der Waals surface area contributed by atoms with Crippen LogP contribution in [0.25, 0.3) is 0 Å². The van der Waals surface area contributed by atoms with Crippen molar-refractivity contribution in [3.8, 4) is 0 Å². The molecular formula is C26H24N2O3. The Morgan fingerprint density at radius 2 is 1.61 bits per heavy atom. The fraction of sp³-hybridized carbons (Fsp3) is 0.192. The molecule has 3 aromatic carbocycles. The number of carbonyl (C=O) groups excluding carboxylic acids is 3. The summed E-state index contributed by atoms with van der Waals surface area (Å²) < 4.78 is 0. The van der Waals surface area contributed by atoms with Gasteiger partial charge in [0.25, 0.3) is 11.8 Å². The van der Waals surface area contributed by atoms with Gasteiger partial charge in [-0.15, -0.1) is 0 Å². The third-order valence-electron chi connectivity index (χ3n) is 5.51. The van der Waals surface area contributed by atoms with Gasteiger partial charge in [0.2, 0.25) is 5.91 Å². The van der Waals surface area contributed by atoms with Gasteiger partial charge in [-0.1, -0.05) is 65.7 Å². The second kappa shape index (κ2) is 8.56. The minimum atomic E-state index is -0.845. The van der Waals surface area contributed by atoms with Gasteiger partial charge in [0.15, 0.2) is 0 Å². The topological polar surface area (TPSA) is 57.7 Å². The van der Waals surface area contributed by atoms with E-state index in [0.29, 0.717) is 11.3 Å². The van der Waals surface area contributed by atoms with Crippen molar-refractivity contribution in [3.05, 3.63) is 101 Å². The van der Waals surface area contributed by atoms with Gasteiger partial charge in [-0.2, -0.15) is 0 Å². The lowest BCUT2D eigenvalue weighted by atomic mass is 10.1. The predicted octanol–water partition coefficient (Wildman–Crippen LogP) is 4.28. The molecule has 0 saturated carbocycles. The Morgan fingerprint density at radius 1 is 0.903 bits per heavy atom. The highest BCUT2D eigenvalue weighted by Crippen LogP contribution is 2.28. The van der Waals surface area contributed by atoms with Crippen molar-refractivity contribution >= 4 is 23.4 Å². The Morgan fingerprint density at radius 3 is 2.29 bits per heavy atom. The highest BCUT2D eigenvalue weighted by atomic mass is 16.2. The van der Waals surface area contributed by atoms with Crippen molar-refractivity contribution in [2.24, 2.45) is 0 Å². The molecule has 4 rings (SSSR count). The van der Waals surface area contributed by atoms with Gasteiger partial charge >= 0.3 is 0 Å². The first-order valence-corrected chi connectivity index (χ1v) is 10.3. The van der Waals surface area contributed by atoms with E-state index in [2.05, 4.69) is 0 Å². The van der Waals surface area contributed by atoms with Crippen LogP contribution in [0.5, 0.6) is 0 Å². The molecule has 1 atom stereocenters. The van der Waals surface area contributed by atoms with Gasteiger partial charge in [-0.25, -0.2) is 4.90 Å². The molecule has 31 heavy (non-hydrogen) atoms. The lowest BCUT2D eigenvalue weighted by Crippen LogP contribution is -2.45. The molecule has 1 unspecified atom stereocenters. The van der Waals surface area contributed by atoms with Crippen LogP contribution in [0.15, 0.2) is 78.9 Å². The molecule has 1 heterocycles. The Balaban J connectivity index is 1.69. The Labute approximate surface area is 181 Å². The standard InChI is InChI=1S/C26H24N2O3/c1-18-11-13-22(14-12-18)28-24(29)16-23(26(28)31)27(17-20-8-4-3-5-9-20)25(30)21-10-6-7-19(2)15-21/h3-15,23H,16-17H2,1-2H3. The molecule has 0 radical (unpaired) electrons. The van der Waals surface area contributed by atoms with Gasteiger partial charge in [0.1, 0.15) is 6.04 Å². The molecule has 3 aromatic rings. The summed E-state index contributed by atoms with van der Waals surface area (Å²) in [4.78, 5) is 42.4. The largest absolute Gasteiger partial charge is 0.322 e. The number of imide groups is 1. The van der Waals surface area contributed by atoms with Crippen LogP contribution >= 0.6 is 0 Å². The zero-order valence-corrected chi connectivity index (χ0v) is 17.6. The molecule has 1 aliphatic heterocycles. The number of hydrogen-bond acceptors (Lipinski definition) is 3. The number of nitrogens with zero attached hydrogens (tertiary/aromatic N) is 2. The van der Waals surface area contributed by atoms with Gasteiger partial charge in [-0.05, 0) is 43.7 Å². The van der Waals surface area contributed by atoms with Crippen molar-refractivity contribution in [2.75, 3.05) is 4.90 Å². The third-order valence-corrected chi connectivity index (χ3v) is 5.51. The summed E-state index contributed by atoms with van der Waals surface area (Å²) in [6.45, 7) is 4.11. The highest BCUT2D eigenvalue weighted by Gasteiger charge is 2.44. The van der Waals surface area contributed by atoms with Gasteiger partial charge < -0.3 is 4.90 Å². The molecule has 5 nitrogen and oxygen atoms in total. The summed E-state index contributed by atoms with van der Waals surface area (Å²) in [5.41, 5.74) is 3.94. The van der Waals surface area contributed by atoms with Gasteiger partial charge in [-0.3, -0.25) is 14.4 Å². The maximum Gasteiger partial charge on any atom is 0.257 e. The summed E-state index contributed by atoms with van der Waals surface area (Å²) in [6.07, 6.45) is -0.0307. The molecule has 156 valence electrons. The Kier molecular flexibility index (Phi) is 5.67. The molecular weight excluding hydrogens is 388 g/mol. The first-order valence-electron chi connectivity index (χ1n) is 10.3. The maximum absolute atomic E-state index is 13.5. The van der Waals surface area contributed by atoms with Crippen LogP contribution in [0.4, 0.5) is 5.69 Å². The molecule has 0 bridgehead atoms. The van der Waals surface area contributed by atoms with Crippen LogP contribution in [-0.4, -0.2) is 28.7 Å². The van der Waals surface area contributed by atoms with Crippen molar-refractivity contribution in [1.29, 1.82) is 0 Å². The molecule has 0 aromatic heterocycles. The zero-order chi connectivity index (χ0) is 22.0. The molecule has 1 aliphatic rings. The number of amides is 3. The number of benzene rings is 3. The predicted molar refractivity (Wildman–Crippen MR) is 120 cm³/mol. The minimum absolute atomic E-state index is 0.0307. The SMILES string of the molecule is Cc1ccc(N2C(=O)CC(N(Cc3ccccc3)C(=O)c3cccc(C)c3)C2=O)cc1. The van der Waals surface area contributed by atoms with Crippen LogP contribution in [0.2, 0.25) is 0 Å².